The van der Waals surface area contributed by atoms with Gasteiger partial charge in [-0.15, -0.1) is 0 Å². The number of carbonyl (C=O) groups excluding carboxylic acids is 1. The van der Waals surface area contributed by atoms with E-state index in [-0.39, 0.29) is 12.2 Å². The fourth-order valence-electron chi connectivity index (χ4n) is 1.70. The maximum Gasteiger partial charge on any atom is 0.339 e. The second kappa shape index (κ2) is 6.58. The first-order chi connectivity index (χ1) is 10.0. The Bertz CT molecular complexity index is 676. The van der Waals surface area contributed by atoms with E-state index in [2.05, 4.69) is 15.9 Å². The molecule has 0 heterocycles. The standard InChI is InChI=1S/C15H13BrFNO3/c1-20-10-6-5-9(12(17)7-10)8-21-15(19)11-3-2-4-13(18)14(11)16/h2-7H,8,18H2,1H3. The van der Waals surface area contributed by atoms with E-state index in [1.54, 1.807) is 24.3 Å². The summed E-state index contributed by atoms with van der Waals surface area (Å²) in [6.07, 6.45) is 0. The average molecular weight is 354 g/mol. The van der Waals surface area contributed by atoms with Crippen molar-refractivity contribution in [3.05, 3.63) is 57.8 Å². The van der Waals surface area contributed by atoms with Crippen molar-refractivity contribution in [2.45, 2.75) is 6.61 Å². The zero-order chi connectivity index (χ0) is 15.4. The van der Waals surface area contributed by atoms with Gasteiger partial charge in [-0.2, -0.15) is 0 Å². The van der Waals surface area contributed by atoms with Gasteiger partial charge >= 0.3 is 5.97 Å². The molecule has 4 nitrogen and oxygen atoms in total. The number of carbonyl (C=O) groups is 1. The Balaban J connectivity index is 2.09. The van der Waals surface area contributed by atoms with E-state index in [0.717, 1.165) is 0 Å². The zero-order valence-corrected chi connectivity index (χ0v) is 12.8. The first-order valence-electron chi connectivity index (χ1n) is 6.06. The van der Waals surface area contributed by atoms with Gasteiger partial charge in [-0.1, -0.05) is 6.07 Å². The highest BCUT2D eigenvalue weighted by atomic mass is 79.9. The van der Waals surface area contributed by atoms with Crippen LogP contribution in [0.3, 0.4) is 0 Å². The summed E-state index contributed by atoms with van der Waals surface area (Å²) in [5.41, 5.74) is 6.69. The lowest BCUT2D eigenvalue weighted by molar-refractivity contribution is 0.0468. The molecule has 0 unspecified atom stereocenters. The molecule has 2 rings (SSSR count). The molecule has 2 aromatic carbocycles. The van der Waals surface area contributed by atoms with Gasteiger partial charge in [0.05, 0.1) is 17.1 Å². The van der Waals surface area contributed by atoms with Crippen molar-refractivity contribution in [3.8, 4) is 5.75 Å². The van der Waals surface area contributed by atoms with Crippen LogP contribution in [-0.4, -0.2) is 13.1 Å². The molecule has 0 saturated heterocycles. The molecule has 0 aromatic heterocycles. The minimum absolute atomic E-state index is 0.171. The van der Waals surface area contributed by atoms with E-state index < -0.39 is 11.8 Å². The Hall–Kier alpha value is -2.08. The van der Waals surface area contributed by atoms with Crippen LogP contribution in [-0.2, 0) is 11.3 Å². The Morgan fingerprint density at radius 1 is 1.33 bits per heavy atom. The lowest BCUT2D eigenvalue weighted by atomic mass is 10.2. The zero-order valence-electron chi connectivity index (χ0n) is 11.2. The maximum atomic E-state index is 13.7. The molecular formula is C15H13BrFNO3. The van der Waals surface area contributed by atoms with Crippen LogP contribution in [0.5, 0.6) is 5.75 Å². The number of nitrogen functional groups attached to an aromatic ring is 1. The van der Waals surface area contributed by atoms with Gasteiger partial charge in [-0.05, 0) is 40.2 Å². The summed E-state index contributed by atoms with van der Waals surface area (Å²) >= 11 is 3.22. The molecule has 0 spiro atoms. The topological polar surface area (TPSA) is 61.5 Å². The quantitative estimate of drug-likeness (QED) is 0.674. The van der Waals surface area contributed by atoms with E-state index in [4.69, 9.17) is 15.2 Å². The Morgan fingerprint density at radius 3 is 2.76 bits per heavy atom. The number of hydrogen-bond donors (Lipinski definition) is 1. The first kappa shape index (κ1) is 15.3. The van der Waals surface area contributed by atoms with Crippen LogP contribution in [0.15, 0.2) is 40.9 Å². The van der Waals surface area contributed by atoms with Crippen molar-refractivity contribution >= 4 is 27.6 Å². The van der Waals surface area contributed by atoms with Crippen LogP contribution in [0.2, 0.25) is 0 Å². The summed E-state index contributed by atoms with van der Waals surface area (Å²) in [5.74, 6) is -0.667. The number of anilines is 1. The predicted octanol–water partition coefficient (Wildman–Crippen LogP) is 3.54. The molecule has 6 heteroatoms. The van der Waals surface area contributed by atoms with Crippen LogP contribution < -0.4 is 10.5 Å². The number of ether oxygens (including phenoxy) is 2. The Labute approximate surface area is 129 Å². The number of benzene rings is 2. The molecule has 0 fully saturated rings. The molecule has 21 heavy (non-hydrogen) atoms. The molecule has 0 bridgehead atoms. The minimum atomic E-state index is -0.579. The monoisotopic (exact) mass is 353 g/mol. The molecule has 0 aliphatic rings. The lowest BCUT2D eigenvalue weighted by Crippen LogP contribution is -2.08. The van der Waals surface area contributed by atoms with E-state index in [0.29, 0.717) is 21.5 Å². The van der Waals surface area contributed by atoms with Gasteiger partial charge in [0, 0.05) is 17.3 Å². The van der Waals surface area contributed by atoms with Crippen molar-refractivity contribution in [3.63, 3.8) is 0 Å². The Morgan fingerprint density at radius 2 is 2.10 bits per heavy atom. The van der Waals surface area contributed by atoms with Gasteiger partial charge in [0.1, 0.15) is 18.2 Å². The highest BCUT2D eigenvalue weighted by molar-refractivity contribution is 9.10. The van der Waals surface area contributed by atoms with Gasteiger partial charge in [0.15, 0.2) is 0 Å². The average Bonchev–Trinajstić information content (AvgIpc) is 2.48. The van der Waals surface area contributed by atoms with Crippen molar-refractivity contribution in [1.82, 2.24) is 0 Å². The van der Waals surface area contributed by atoms with Gasteiger partial charge in [-0.3, -0.25) is 0 Å². The van der Waals surface area contributed by atoms with Crippen LogP contribution in [0.4, 0.5) is 10.1 Å². The van der Waals surface area contributed by atoms with Gasteiger partial charge in [0.2, 0.25) is 0 Å². The van der Waals surface area contributed by atoms with Crippen LogP contribution in [0.25, 0.3) is 0 Å². The molecule has 2 N–H and O–H groups in total. The molecule has 0 atom stereocenters. The summed E-state index contributed by atoms with van der Waals surface area (Å²) < 4.78 is 24.2. The SMILES string of the molecule is COc1ccc(COC(=O)c2cccc(N)c2Br)c(F)c1. The maximum absolute atomic E-state index is 13.7. The highest BCUT2D eigenvalue weighted by Gasteiger charge is 2.14. The Kier molecular flexibility index (Phi) is 4.80. The van der Waals surface area contributed by atoms with Crippen LogP contribution in [0, 0.1) is 5.82 Å². The fraction of sp³-hybridized carbons (Fsp3) is 0.133. The number of esters is 1. The van der Waals surface area contributed by atoms with Crippen molar-refractivity contribution in [2.24, 2.45) is 0 Å². The van der Waals surface area contributed by atoms with E-state index in [1.165, 1.54) is 19.2 Å². The molecule has 0 radical (unpaired) electrons. The molecular weight excluding hydrogens is 341 g/mol. The molecule has 0 aliphatic carbocycles. The van der Waals surface area contributed by atoms with Gasteiger partial charge in [-0.25, -0.2) is 9.18 Å². The fourth-order valence-corrected chi connectivity index (χ4v) is 2.13. The van der Waals surface area contributed by atoms with E-state index in [9.17, 15) is 9.18 Å². The number of nitrogens with two attached hydrogens (primary N) is 1. The second-order valence-electron chi connectivity index (χ2n) is 4.24. The van der Waals surface area contributed by atoms with Crippen LogP contribution in [0.1, 0.15) is 15.9 Å². The number of halogens is 2. The van der Waals surface area contributed by atoms with Crippen molar-refractivity contribution < 1.29 is 18.7 Å². The van der Waals surface area contributed by atoms with Crippen molar-refractivity contribution in [1.29, 1.82) is 0 Å². The van der Waals surface area contributed by atoms with Crippen LogP contribution >= 0.6 is 15.9 Å². The molecule has 0 aliphatic heterocycles. The molecule has 0 amide bonds. The minimum Gasteiger partial charge on any atom is -0.497 e. The number of rotatable bonds is 4. The number of hydrogen-bond acceptors (Lipinski definition) is 4. The largest absolute Gasteiger partial charge is 0.497 e. The molecule has 0 saturated carbocycles. The normalized spacial score (nSPS) is 10.2. The van der Waals surface area contributed by atoms with E-state index >= 15 is 0 Å². The lowest BCUT2D eigenvalue weighted by Gasteiger charge is -2.09. The predicted molar refractivity (Wildman–Crippen MR) is 80.6 cm³/mol. The summed E-state index contributed by atoms with van der Waals surface area (Å²) in [5, 5.41) is 0. The summed E-state index contributed by atoms with van der Waals surface area (Å²) in [7, 11) is 1.45. The van der Waals surface area contributed by atoms with Gasteiger partial charge in [0.25, 0.3) is 0 Å². The van der Waals surface area contributed by atoms with E-state index in [1.807, 2.05) is 0 Å². The third-order valence-electron chi connectivity index (χ3n) is 2.87. The van der Waals surface area contributed by atoms with Crippen molar-refractivity contribution in [2.75, 3.05) is 12.8 Å². The number of methoxy groups -OCH3 is 1. The third-order valence-corrected chi connectivity index (χ3v) is 3.75. The first-order valence-corrected chi connectivity index (χ1v) is 6.85. The smallest absolute Gasteiger partial charge is 0.339 e. The summed E-state index contributed by atoms with van der Waals surface area (Å²) in [6.45, 7) is -0.171. The second-order valence-corrected chi connectivity index (χ2v) is 5.04. The summed E-state index contributed by atoms with van der Waals surface area (Å²) in [6, 6.07) is 9.22. The highest BCUT2D eigenvalue weighted by Crippen LogP contribution is 2.25. The molecule has 110 valence electrons. The third kappa shape index (κ3) is 3.52. The molecule has 2 aromatic rings. The van der Waals surface area contributed by atoms with Gasteiger partial charge < -0.3 is 15.2 Å². The summed E-state index contributed by atoms with van der Waals surface area (Å²) in [4.78, 5) is 12.0.